The Morgan fingerprint density at radius 1 is 1.11 bits per heavy atom. The number of ketones is 1. The van der Waals surface area contributed by atoms with E-state index in [0.717, 1.165) is 35.7 Å². The van der Waals surface area contributed by atoms with Gasteiger partial charge >= 0.3 is 0 Å². The lowest BCUT2D eigenvalue weighted by molar-refractivity contribution is 0.0849. The molecule has 1 aliphatic heterocycles. The molecule has 0 radical (unpaired) electrons. The molecule has 2 aromatic rings. The normalized spacial score (nSPS) is 21.0. The fourth-order valence-corrected chi connectivity index (χ4v) is 4.95. The van der Waals surface area contributed by atoms with Crippen molar-refractivity contribution < 1.29 is 13.2 Å². The van der Waals surface area contributed by atoms with Crippen molar-refractivity contribution in [2.75, 3.05) is 19.6 Å². The average molecular weight is 404 g/mol. The summed E-state index contributed by atoms with van der Waals surface area (Å²) in [5.74, 6) is 1.35. The first-order valence-corrected chi connectivity index (χ1v) is 11.2. The molecule has 0 bridgehead atoms. The molecular formula is C21H29N3O3S. The Balaban J connectivity index is 1.84. The van der Waals surface area contributed by atoms with Crippen molar-refractivity contribution in [1.29, 1.82) is 0 Å². The molecule has 0 saturated carbocycles. The van der Waals surface area contributed by atoms with Crippen molar-refractivity contribution in [3.8, 4) is 5.69 Å². The van der Waals surface area contributed by atoms with Gasteiger partial charge in [-0.3, -0.25) is 9.69 Å². The van der Waals surface area contributed by atoms with E-state index >= 15 is 0 Å². The van der Waals surface area contributed by atoms with Crippen molar-refractivity contribution in [2.45, 2.75) is 39.0 Å². The number of aromatic nitrogens is 1. The van der Waals surface area contributed by atoms with Gasteiger partial charge in [0.1, 0.15) is 0 Å². The van der Waals surface area contributed by atoms with Crippen molar-refractivity contribution in [3.63, 3.8) is 0 Å². The van der Waals surface area contributed by atoms with Gasteiger partial charge in [0.25, 0.3) is 0 Å². The van der Waals surface area contributed by atoms with Gasteiger partial charge in [-0.25, -0.2) is 13.6 Å². The molecule has 1 saturated heterocycles. The molecule has 0 amide bonds. The van der Waals surface area contributed by atoms with Crippen LogP contribution in [0.25, 0.3) is 5.69 Å². The van der Waals surface area contributed by atoms with Crippen LogP contribution in [0.15, 0.2) is 35.2 Å². The Morgan fingerprint density at radius 3 is 2.21 bits per heavy atom. The maximum Gasteiger partial charge on any atom is 0.238 e. The summed E-state index contributed by atoms with van der Waals surface area (Å²) < 4.78 is 24.9. The van der Waals surface area contributed by atoms with Gasteiger partial charge in [-0.2, -0.15) is 0 Å². The number of aryl methyl sites for hydroxylation is 1. The van der Waals surface area contributed by atoms with Crippen LogP contribution in [-0.2, 0) is 10.0 Å². The quantitative estimate of drug-likeness (QED) is 0.778. The topological polar surface area (TPSA) is 85.4 Å². The summed E-state index contributed by atoms with van der Waals surface area (Å²) in [5, 5.41) is 5.17. The van der Waals surface area contributed by atoms with Crippen molar-refractivity contribution in [1.82, 2.24) is 9.47 Å². The summed E-state index contributed by atoms with van der Waals surface area (Å²) >= 11 is 0. The predicted octanol–water partition coefficient (Wildman–Crippen LogP) is 2.90. The molecule has 7 heteroatoms. The first-order chi connectivity index (χ1) is 13.1. The number of carbonyl (C=O) groups is 1. The minimum atomic E-state index is -3.72. The Labute approximate surface area is 167 Å². The lowest BCUT2D eigenvalue weighted by Crippen LogP contribution is -2.41. The summed E-state index contributed by atoms with van der Waals surface area (Å²) in [7, 11) is -3.72. The van der Waals surface area contributed by atoms with Gasteiger partial charge in [-0.05, 0) is 62.4 Å². The highest BCUT2D eigenvalue weighted by atomic mass is 32.2. The van der Waals surface area contributed by atoms with Crippen LogP contribution < -0.4 is 5.14 Å². The second-order valence-electron chi connectivity index (χ2n) is 8.22. The number of hydrogen-bond donors (Lipinski definition) is 1. The Bertz CT molecular complexity index is 967. The highest BCUT2D eigenvalue weighted by Crippen LogP contribution is 2.24. The van der Waals surface area contributed by atoms with E-state index in [1.807, 2.05) is 24.5 Å². The Morgan fingerprint density at radius 2 is 1.68 bits per heavy atom. The van der Waals surface area contributed by atoms with E-state index in [0.29, 0.717) is 18.4 Å². The third kappa shape index (κ3) is 4.37. The van der Waals surface area contributed by atoms with Gasteiger partial charge in [-0.1, -0.05) is 13.8 Å². The standard InChI is InChI=1S/C21H29N3O3S/c1-14-9-15(2)12-23(11-14)13-21(25)20-10-16(3)24(17(20)4)18-5-7-19(8-6-18)28(22,26)27/h5-8,10,14-15H,9,11-13H2,1-4H3,(H2,22,26,27). The summed E-state index contributed by atoms with van der Waals surface area (Å²) in [5.41, 5.74) is 3.33. The van der Waals surface area contributed by atoms with E-state index in [-0.39, 0.29) is 10.7 Å². The lowest BCUT2D eigenvalue weighted by Gasteiger charge is -2.34. The monoisotopic (exact) mass is 403 g/mol. The van der Waals surface area contributed by atoms with Gasteiger partial charge in [0.2, 0.25) is 10.0 Å². The van der Waals surface area contributed by atoms with E-state index in [2.05, 4.69) is 18.7 Å². The number of sulfonamides is 1. The number of likely N-dealkylation sites (tertiary alicyclic amines) is 1. The summed E-state index contributed by atoms with van der Waals surface area (Å²) in [4.78, 5) is 15.3. The van der Waals surface area contributed by atoms with E-state index in [9.17, 15) is 13.2 Å². The summed E-state index contributed by atoms with van der Waals surface area (Å²) in [6, 6.07) is 8.31. The number of nitrogens with zero attached hydrogens (tertiary/aromatic N) is 2. The molecule has 6 nitrogen and oxygen atoms in total. The maximum atomic E-state index is 13.0. The number of benzene rings is 1. The first-order valence-electron chi connectivity index (χ1n) is 9.64. The van der Waals surface area contributed by atoms with E-state index in [1.165, 1.54) is 18.6 Å². The number of piperidine rings is 1. The molecule has 1 aromatic heterocycles. The number of nitrogens with two attached hydrogens (primary N) is 1. The second kappa shape index (κ2) is 7.81. The number of hydrogen-bond acceptors (Lipinski definition) is 4. The second-order valence-corrected chi connectivity index (χ2v) is 9.78. The molecular weight excluding hydrogens is 374 g/mol. The van der Waals surface area contributed by atoms with Crippen molar-refractivity contribution in [3.05, 3.63) is 47.3 Å². The summed E-state index contributed by atoms with van der Waals surface area (Å²) in [6.07, 6.45) is 1.22. The minimum Gasteiger partial charge on any atom is -0.318 e. The molecule has 1 aliphatic rings. The first kappa shape index (κ1) is 20.8. The predicted molar refractivity (Wildman–Crippen MR) is 110 cm³/mol. The molecule has 0 aliphatic carbocycles. The van der Waals surface area contributed by atoms with Crippen LogP contribution in [0, 0.1) is 25.7 Å². The van der Waals surface area contributed by atoms with E-state index in [1.54, 1.807) is 12.1 Å². The molecule has 0 spiro atoms. The van der Waals surface area contributed by atoms with Gasteiger partial charge in [-0.15, -0.1) is 0 Å². The van der Waals surface area contributed by atoms with E-state index < -0.39 is 10.0 Å². The maximum absolute atomic E-state index is 13.0. The molecule has 2 unspecified atom stereocenters. The van der Waals surface area contributed by atoms with Gasteiger partial charge < -0.3 is 4.57 Å². The number of rotatable bonds is 5. The third-order valence-corrected chi connectivity index (χ3v) is 6.40. The molecule has 2 N–H and O–H groups in total. The molecule has 2 heterocycles. The molecule has 1 aromatic carbocycles. The Kier molecular flexibility index (Phi) is 5.79. The fraction of sp³-hybridized carbons (Fsp3) is 0.476. The van der Waals surface area contributed by atoms with Crippen molar-refractivity contribution >= 4 is 15.8 Å². The van der Waals surface area contributed by atoms with E-state index in [4.69, 9.17) is 5.14 Å². The number of primary sulfonamides is 1. The summed E-state index contributed by atoms with van der Waals surface area (Å²) in [6.45, 7) is 10.7. The Hall–Kier alpha value is -1.96. The highest BCUT2D eigenvalue weighted by molar-refractivity contribution is 7.89. The van der Waals surface area contributed by atoms with Crippen LogP contribution in [0.3, 0.4) is 0 Å². The lowest BCUT2D eigenvalue weighted by atomic mass is 9.91. The van der Waals surface area contributed by atoms with Gasteiger partial charge in [0.15, 0.2) is 5.78 Å². The smallest absolute Gasteiger partial charge is 0.238 e. The van der Waals surface area contributed by atoms with Crippen LogP contribution in [0.5, 0.6) is 0 Å². The largest absolute Gasteiger partial charge is 0.318 e. The number of carbonyl (C=O) groups excluding carboxylic acids is 1. The molecule has 28 heavy (non-hydrogen) atoms. The average Bonchev–Trinajstić information content (AvgIpc) is 2.88. The van der Waals surface area contributed by atoms with Crippen LogP contribution in [0.2, 0.25) is 0 Å². The van der Waals surface area contributed by atoms with Crippen molar-refractivity contribution in [2.24, 2.45) is 17.0 Å². The molecule has 2 atom stereocenters. The molecule has 152 valence electrons. The highest BCUT2D eigenvalue weighted by Gasteiger charge is 2.25. The zero-order valence-electron chi connectivity index (χ0n) is 17.0. The SMILES string of the molecule is Cc1cc(C(=O)CN2CC(C)CC(C)C2)c(C)n1-c1ccc(S(N)(=O)=O)cc1. The van der Waals surface area contributed by atoms with Gasteiger partial charge in [0, 0.05) is 35.7 Å². The van der Waals surface area contributed by atoms with Crippen LogP contribution in [-0.4, -0.2) is 43.3 Å². The number of Topliss-reactive ketones (excluding diaryl/α,β-unsaturated/α-hetero) is 1. The van der Waals surface area contributed by atoms with Crippen LogP contribution in [0.4, 0.5) is 0 Å². The third-order valence-electron chi connectivity index (χ3n) is 5.47. The fourth-order valence-electron chi connectivity index (χ4n) is 4.44. The molecule has 3 rings (SSSR count). The zero-order chi connectivity index (χ0) is 20.6. The van der Waals surface area contributed by atoms with Gasteiger partial charge in [0.05, 0.1) is 11.4 Å². The molecule has 1 fully saturated rings. The minimum absolute atomic E-state index is 0.0725. The van der Waals surface area contributed by atoms with Crippen LogP contribution in [0.1, 0.15) is 42.0 Å². The zero-order valence-corrected chi connectivity index (χ0v) is 17.8. The van der Waals surface area contributed by atoms with Crippen LogP contribution >= 0.6 is 0 Å².